The summed E-state index contributed by atoms with van der Waals surface area (Å²) in [4.78, 5) is 45.1. The van der Waals surface area contributed by atoms with Gasteiger partial charge >= 0.3 is 19.3 Å². The number of carbonyl (C=O) groups is 2. The zero-order valence-electron chi connectivity index (χ0n) is 75.7. The van der Waals surface area contributed by atoms with Crippen LogP contribution in [-0.4, -0.2) is 186 Å². The Hall–Kier alpha value is -12.1. The van der Waals surface area contributed by atoms with Crippen LogP contribution in [0, 0.1) is 31.3 Å². The molecular formula is C96H106BBrF3N15O13S2. The standard InChI is InChI=1S/C34H36FN5O5S.C22H22FN5O.C21H16BrFN2O3S.C19H32BN3O4/c1-22-9-11-26(12-10-22)46(42,43)40-21-29(27-7-6-8-30(35)31(27)44-5)28-17-23(18-36-32(28)40)24-19-37-39(20-24)25-13-15-38(16-14-25)33(41)45-34(2,3)4;1-29-21-17(3-2-4-20(21)23)19-12-26-22-18(19)9-14(10-25-22)15-11-27-28(13-15)16-5-7-24-8-6-16;1-13-6-8-15(9-7-13)29(26,27)25-12-18(17-10-14(22)11-24-21(17)25)16-4-3-5-19(23)20(16)28-2;1-17(2,3)25-16(24)22-10-8-15(9-11-22)23-13-14(12-21-23)20-26-18(4,5)19(6,7)27-20/h6-12,17-21,25H,13-16H2,1-5H3;2-4,9-13,16,24H,5-8H2,1H3,(H,25,26);3-12H,1-2H3;12-13,15H,8-11H2,1-7H3. The van der Waals surface area contributed by atoms with E-state index in [0.717, 1.165) is 109 Å². The van der Waals surface area contributed by atoms with Gasteiger partial charge in [-0.1, -0.05) is 71.8 Å². The second-order valence-corrected chi connectivity index (χ2v) is 40.4. The fourth-order valence-corrected chi connectivity index (χ4v) is 19.3. The first-order chi connectivity index (χ1) is 62.3. The molecule has 4 aliphatic heterocycles. The second-order valence-electron chi connectivity index (χ2n) is 35.9. The molecule has 5 aromatic carbocycles. The monoisotopic (exact) mass is 1890 g/mol. The van der Waals surface area contributed by atoms with Crippen molar-refractivity contribution < 1.29 is 72.6 Å². The number of hydrogen-bond donors (Lipinski definition) is 2. The van der Waals surface area contributed by atoms with E-state index in [4.69, 9.17) is 33.0 Å². The summed E-state index contributed by atoms with van der Waals surface area (Å²) in [7, 11) is -4.12. The Morgan fingerprint density at radius 2 is 0.863 bits per heavy atom. The van der Waals surface area contributed by atoms with Gasteiger partial charge in [0.15, 0.2) is 46.0 Å². The number of H-pyrrole nitrogens is 1. The summed E-state index contributed by atoms with van der Waals surface area (Å²) >= 11 is 3.38. The largest absolute Gasteiger partial charge is 0.498 e. The molecule has 4 fully saturated rings. The predicted octanol–water partition coefficient (Wildman–Crippen LogP) is 18.9. The average molecular weight is 1890 g/mol. The number of ether oxygens (including phenoxy) is 5. The number of aromatic nitrogens is 12. The molecule has 9 aromatic heterocycles. The van der Waals surface area contributed by atoms with Gasteiger partial charge < -0.3 is 53.1 Å². The fraction of sp³-hybridized carbons (Fsp3) is 0.354. The highest BCUT2D eigenvalue weighted by Gasteiger charge is 2.52. The summed E-state index contributed by atoms with van der Waals surface area (Å²) in [6.07, 6.45) is 26.0. The molecule has 686 valence electrons. The molecule has 0 unspecified atom stereocenters. The molecule has 4 saturated heterocycles. The number of rotatable bonds is 16. The molecule has 2 N–H and O–H groups in total. The summed E-state index contributed by atoms with van der Waals surface area (Å²) in [5.41, 5.74) is 9.13. The van der Waals surface area contributed by atoms with Crippen LogP contribution < -0.4 is 25.0 Å². The van der Waals surface area contributed by atoms with Crippen LogP contribution >= 0.6 is 15.9 Å². The lowest BCUT2D eigenvalue weighted by Crippen LogP contribution is -2.42. The molecule has 13 heterocycles. The first kappa shape index (κ1) is 93.5. The van der Waals surface area contributed by atoms with E-state index in [1.54, 1.807) is 107 Å². The Bertz CT molecular complexity index is 6750. The van der Waals surface area contributed by atoms with Gasteiger partial charge in [-0.25, -0.2) is 62.5 Å². The van der Waals surface area contributed by atoms with E-state index in [9.17, 15) is 39.6 Å². The van der Waals surface area contributed by atoms with Gasteiger partial charge in [0.25, 0.3) is 20.0 Å². The number of piperidine rings is 3. The molecule has 4 aliphatic rings. The van der Waals surface area contributed by atoms with E-state index < -0.39 is 50.0 Å². The Morgan fingerprint density at radius 1 is 0.473 bits per heavy atom. The van der Waals surface area contributed by atoms with E-state index in [0.29, 0.717) is 80.8 Å². The number of halogens is 4. The molecule has 14 aromatic rings. The van der Waals surface area contributed by atoms with E-state index in [1.807, 2.05) is 142 Å². The van der Waals surface area contributed by atoms with Gasteiger partial charge in [0.2, 0.25) is 0 Å². The third kappa shape index (κ3) is 20.2. The molecular weight excluding hydrogens is 1780 g/mol. The molecule has 131 heavy (non-hydrogen) atoms. The van der Waals surface area contributed by atoms with Crippen LogP contribution in [0.3, 0.4) is 0 Å². The van der Waals surface area contributed by atoms with Crippen LogP contribution in [0.25, 0.3) is 88.7 Å². The van der Waals surface area contributed by atoms with Crippen LogP contribution in [0.15, 0.2) is 210 Å². The van der Waals surface area contributed by atoms with Crippen molar-refractivity contribution in [3.05, 3.63) is 229 Å². The minimum absolute atomic E-state index is 0.00484. The molecule has 28 nitrogen and oxygen atoms in total. The van der Waals surface area contributed by atoms with Crippen molar-refractivity contribution >= 4 is 93.8 Å². The van der Waals surface area contributed by atoms with Crippen molar-refractivity contribution in [1.29, 1.82) is 0 Å². The first-order valence-electron chi connectivity index (χ1n) is 43.2. The Morgan fingerprint density at radius 3 is 1.30 bits per heavy atom. The molecule has 0 saturated carbocycles. The molecule has 2 amide bonds. The van der Waals surface area contributed by atoms with Gasteiger partial charge in [-0.2, -0.15) is 15.3 Å². The van der Waals surface area contributed by atoms with Crippen LogP contribution in [0.5, 0.6) is 17.2 Å². The predicted molar refractivity (Wildman–Crippen MR) is 500 cm³/mol. The number of aryl methyl sites for hydroxylation is 2. The van der Waals surface area contributed by atoms with Crippen LogP contribution in [-0.2, 0) is 38.8 Å². The maximum absolute atomic E-state index is 14.8. The number of nitrogens with one attached hydrogen (secondary N) is 2. The highest BCUT2D eigenvalue weighted by atomic mass is 79.9. The average Bonchev–Trinajstić information content (AvgIpc) is 1.59. The Labute approximate surface area is 768 Å². The number of fused-ring (bicyclic) bond motifs is 3. The van der Waals surface area contributed by atoms with Gasteiger partial charge in [-0.15, -0.1) is 0 Å². The number of aromatic amines is 1. The quantitative estimate of drug-likeness (QED) is 0.0849. The number of pyridine rings is 3. The Kier molecular flexibility index (Phi) is 27.1. The van der Waals surface area contributed by atoms with Gasteiger partial charge in [0.1, 0.15) is 16.8 Å². The number of para-hydroxylation sites is 3. The van der Waals surface area contributed by atoms with Crippen molar-refractivity contribution in [1.82, 2.24) is 72.3 Å². The lowest BCUT2D eigenvalue weighted by Gasteiger charge is -2.33. The molecule has 0 bridgehead atoms. The number of methoxy groups -OCH3 is 3. The van der Waals surface area contributed by atoms with Gasteiger partial charge in [-0.05, 0) is 211 Å². The zero-order chi connectivity index (χ0) is 93.4. The summed E-state index contributed by atoms with van der Waals surface area (Å²) in [5, 5.41) is 19.1. The minimum atomic E-state index is -4.04. The van der Waals surface area contributed by atoms with Crippen molar-refractivity contribution in [2.75, 3.05) is 60.6 Å². The zero-order valence-corrected chi connectivity index (χ0v) is 78.9. The highest BCUT2D eigenvalue weighted by molar-refractivity contribution is 9.10. The normalized spacial score (nSPS) is 15.8. The topological polar surface area (TPSA) is 303 Å². The second kappa shape index (κ2) is 38.0. The van der Waals surface area contributed by atoms with E-state index >= 15 is 0 Å². The maximum atomic E-state index is 14.8. The van der Waals surface area contributed by atoms with Crippen molar-refractivity contribution in [3.8, 4) is 72.9 Å². The molecule has 35 heteroatoms. The lowest BCUT2D eigenvalue weighted by atomic mass is 9.82. The summed E-state index contributed by atoms with van der Waals surface area (Å²) in [5.74, 6) is -1.20. The van der Waals surface area contributed by atoms with Crippen LogP contribution in [0.4, 0.5) is 22.8 Å². The van der Waals surface area contributed by atoms with Gasteiger partial charge in [0, 0.05) is 170 Å². The number of hydrogen-bond acceptors (Lipinski definition) is 20. The molecule has 0 atom stereocenters. The molecule has 0 spiro atoms. The summed E-state index contributed by atoms with van der Waals surface area (Å²) in [6.45, 7) is 27.7. The molecule has 0 radical (unpaired) electrons. The summed E-state index contributed by atoms with van der Waals surface area (Å²) < 4.78 is 146. The maximum Gasteiger partial charge on any atom is 0.498 e. The first-order valence-corrected chi connectivity index (χ1v) is 46.9. The Balaban J connectivity index is 0.000000137. The fourth-order valence-electron chi connectivity index (χ4n) is 16.3. The lowest BCUT2D eigenvalue weighted by molar-refractivity contribution is 0.00578. The van der Waals surface area contributed by atoms with Gasteiger partial charge in [-0.3, -0.25) is 14.0 Å². The number of benzene rings is 5. The minimum Gasteiger partial charge on any atom is -0.493 e. The third-order valence-corrected chi connectivity index (χ3v) is 27.7. The summed E-state index contributed by atoms with van der Waals surface area (Å²) in [6, 6.07) is 33.6. The van der Waals surface area contributed by atoms with Crippen molar-refractivity contribution in [3.63, 3.8) is 0 Å². The number of nitrogens with zero attached hydrogens (tertiary/aromatic N) is 13. The highest BCUT2D eigenvalue weighted by Crippen LogP contribution is 2.45. The number of amides is 2. The van der Waals surface area contributed by atoms with Crippen LogP contribution in [0.2, 0.25) is 0 Å². The van der Waals surface area contributed by atoms with E-state index in [-0.39, 0.29) is 79.6 Å². The van der Waals surface area contributed by atoms with Crippen molar-refractivity contribution in [2.24, 2.45) is 0 Å². The molecule has 0 aliphatic carbocycles. The SMILES string of the molecule is CC(C)(C)OC(=O)N1CCC(n2cc(B3OC(C)(C)C(C)(C)O3)cn2)CC1.COc1c(F)cccc1-c1c[nH]c2ncc(-c3cnn(C4CCNCC4)c3)cc12.COc1c(F)cccc1-c1cn(S(=O)(=O)c2ccc(C)cc2)c2ncc(-c3cnn(C4CCN(C(=O)OC(C)(C)C)CC4)c3)cc12.COc1c(F)cccc1-c1cn(S(=O)(=O)c2ccc(C)cc2)c2ncc(Br)cc12. The smallest absolute Gasteiger partial charge is 0.493 e. The van der Waals surface area contributed by atoms with Crippen molar-refractivity contribution in [2.45, 2.75) is 172 Å². The van der Waals surface area contributed by atoms with Crippen LogP contribution in [0.1, 0.15) is 137 Å². The number of carbonyl (C=O) groups excluding carboxylic acids is 2. The number of likely N-dealkylation sites (tertiary alicyclic amines) is 2. The third-order valence-electron chi connectivity index (χ3n) is 23.9. The molecule has 18 rings (SSSR count). The van der Waals surface area contributed by atoms with Gasteiger partial charge in [0.05, 0.1) is 72.8 Å². The van der Waals surface area contributed by atoms with E-state index in [1.165, 1.54) is 58.1 Å². The van der Waals surface area contributed by atoms with E-state index in [2.05, 4.69) is 73.4 Å².